The number of amides is 2. The SMILES string of the molecule is CCC1Oc2ccc(CN3CC=C(c4ccc(C(=O)NC)nc4Cl)CC3)cc2NC1=O. The zero-order valence-electron chi connectivity index (χ0n) is 17.6. The Hall–Kier alpha value is -2.90. The first-order chi connectivity index (χ1) is 15.0. The minimum atomic E-state index is -0.421. The average Bonchev–Trinajstić information content (AvgIpc) is 2.78. The van der Waals surface area contributed by atoms with E-state index in [0.29, 0.717) is 17.3 Å². The third-order valence-electron chi connectivity index (χ3n) is 5.59. The molecule has 1 aromatic carbocycles. The van der Waals surface area contributed by atoms with Crippen LogP contribution in [0.2, 0.25) is 5.15 Å². The molecule has 0 fully saturated rings. The van der Waals surface area contributed by atoms with Crippen molar-refractivity contribution >= 4 is 34.7 Å². The molecule has 2 amide bonds. The van der Waals surface area contributed by atoms with E-state index in [1.165, 1.54) is 0 Å². The molecule has 1 atom stereocenters. The number of ether oxygens (including phenoxy) is 1. The first kappa shape index (κ1) is 21.3. The molecule has 2 aliphatic heterocycles. The van der Waals surface area contributed by atoms with Gasteiger partial charge in [0, 0.05) is 32.2 Å². The molecule has 0 bridgehead atoms. The number of nitrogens with one attached hydrogen (secondary N) is 2. The van der Waals surface area contributed by atoms with Crippen LogP contribution in [0.25, 0.3) is 5.57 Å². The van der Waals surface area contributed by atoms with E-state index in [-0.39, 0.29) is 11.8 Å². The first-order valence-electron chi connectivity index (χ1n) is 10.4. The number of nitrogens with zero attached hydrogens (tertiary/aromatic N) is 2. The molecule has 2 aromatic rings. The van der Waals surface area contributed by atoms with Crippen molar-refractivity contribution in [2.24, 2.45) is 0 Å². The predicted octanol–water partition coefficient (Wildman–Crippen LogP) is 3.49. The van der Waals surface area contributed by atoms with E-state index in [1.807, 2.05) is 31.2 Å². The fraction of sp³-hybridized carbons (Fsp3) is 0.348. The lowest BCUT2D eigenvalue weighted by atomic mass is 10.00. The van der Waals surface area contributed by atoms with Crippen molar-refractivity contribution < 1.29 is 14.3 Å². The second-order valence-electron chi connectivity index (χ2n) is 7.66. The Balaban J connectivity index is 1.42. The van der Waals surface area contributed by atoms with E-state index < -0.39 is 6.10 Å². The molecule has 4 rings (SSSR count). The number of rotatable bonds is 5. The summed E-state index contributed by atoms with van der Waals surface area (Å²) in [6.45, 7) is 4.35. The van der Waals surface area contributed by atoms with E-state index in [2.05, 4.69) is 26.6 Å². The summed E-state index contributed by atoms with van der Waals surface area (Å²) >= 11 is 6.34. The molecule has 31 heavy (non-hydrogen) atoms. The van der Waals surface area contributed by atoms with Gasteiger partial charge in [0.25, 0.3) is 11.8 Å². The van der Waals surface area contributed by atoms with Gasteiger partial charge in [-0.25, -0.2) is 4.98 Å². The Kier molecular flexibility index (Phi) is 6.25. The number of halogens is 1. The van der Waals surface area contributed by atoms with Gasteiger partial charge in [0.2, 0.25) is 0 Å². The number of fused-ring (bicyclic) bond motifs is 1. The normalized spacial score (nSPS) is 18.5. The van der Waals surface area contributed by atoms with Gasteiger partial charge in [-0.1, -0.05) is 30.7 Å². The van der Waals surface area contributed by atoms with Crippen molar-refractivity contribution in [2.45, 2.75) is 32.4 Å². The topological polar surface area (TPSA) is 83.6 Å². The summed E-state index contributed by atoms with van der Waals surface area (Å²) in [7, 11) is 1.56. The molecule has 1 unspecified atom stereocenters. The maximum Gasteiger partial charge on any atom is 0.269 e. The molecule has 7 nitrogen and oxygen atoms in total. The first-order valence-corrected chi connectivity index (χ1v) is 10.8. The molecular formula is C23H25ClN4O3. The number of benzene rings is 1. The number of anilines is 1. The second kappa shape index (κ2) is 9.08. The Morgan fingerprint density at radius 1 is 1.35 bits per heavy atom. The van der Waals surface area contributed by atoms with Crippen LogP contribution in [0.1, 0.15) is 41.4 Å². The van der Waals surface area contributed by atoms with Gasteiger partial charge in [0.05, 0.1) is 5.69 Å². The number of hydrogen-bond acceptors (Lipinski definition) is 5. The van der Waals surface area contributed by atoms with E-state index in [0.717, 1.165) is 54.2 Å². The van der Waals surface area contributed by atoms with Crippen LogP contribution in [0.15, 0.2) is 36.4 Å². The summed E-state index contributed by atoms with van der Waals surface area (Å²) in [6, 6.07) is 9.51. The third-order valence-corrected chi connectivity index (χ3v) is 5.88. The molecular weight excluding hydrogens is 416 g/mol. The molecule has 0 saturated heterocycles. The minimum Gasteiger partial charge on any atom is -0.478 e. The van der Waals surface area contributed by atoms with Crippen molar-refractivity contribution in [1.29, 1.82) is 0 Å². The summed E-state index contributed by atoms with van der Waals surface area (Å²) in [5.41, 5.74) is 4.16. The lowest BCUT2D eigenvalue weighted by molar-refractivity contribution is -0.123. The van der Waals surface area contributed by atoms with Crippen molar-refractivity contribution in [1.82, 2.24) is 15.2 Å². The largest absolute Gasteiger partial charge is 0.478 e. The van der Waals surface area contributed by atoms with Crippen LogP contribution in [0.5, 0.6) is 5.75 Å². The molecule has 0 aliphatic carbocycles. The maximum atomic E-state index is 12.1. The van der Waals surface area contributed by atoms with E-state index in [9.17, 15) is 9.59 Å². The predicted molar refractivity (Wildman–Crippen MR) is 120 cm³/mol. The number of aromatic nitrogens is 1. The second-order valence-corrected chi connectivity index (χ2v) is 8.02. The molecule has 0 spiro atoms. The van der Waals surface area contributed by atoms with Crippen LogP contribution in [0, 0.1) is 0 Å². The van der Waals surface area contributed by atoms with Gasteiger partial charge in [0.1, 0.15) is 16.6 Å². The minimum absolute atomic E-state index is 0.0920. The molecule has 8 heteroatoms. The Morgan fingerprint density at radius 3 is 2.87 bits per heavy atom. The van der Waals surface area contributed by atoms with Crippen LogP contribution < -0.4 is 15.4 Å². The summed E-state index contributed by atoms with van der Waals surface area (Å²) in [6.07, 6.45) is 3.21. The lowest BCUT2D eigenvalue weighted by Crippen LogP contribution is -2.36. The zero-order chi connectivity index (χ0) is 22.0. The molecule has 2 N–H and O–H groups in total. The van der Waals surface area contributed by atoms with Crippen LogP contribution in [-0.4, -0.2) is 47.9 Å². The van der Waals surface area contributed by atoms with Crippen molar-refractivity contribution in [3.8, 4) is 5.75 Å². The maximum absolute atomic E-state index is 12.1. The highest BCUT2D eigenvalue weighted by Crippen LogP contribution is 2.32. The van der Waals surface area contributed by atoms with Crippen LogP contribution >= 0.6 is 11.6 Å². The molecule has 2 aliphatic rings. The number of carbonyl (C=O) groups excluding carboxylic acids is 2. The van der Waals surface area contributed by atoms with Gasteiger partial charge in [-0.15, -0.1) is 0 Å². The standard InChI is InChI=1S/C23H25ClN4O3/c1-3-19-23(30)27-18-12-14(4-7-20(18)31-19)13-28-10-8-15(9-11-28)16-5-6-17(22(29)25-2)26-21(16)24/h4-8,12,19H,3,9-11,13H2,1-2H3,(H,25,29)(H,27,30). The van der Waals surface area contributed by atoms with Crippen LogP contribution in [0.4, 0.5) is 5.69 Å². The molecule has 162 valence electrons. The highest BCUT2D eigenvalue weighted by molar-refractivity contribution is 6.31. The van der Waals surface area contributed by atoms with E-state index >= 15 is 0 Å². The van der Waals surface area contributed by atoms with Gasteiger partial charge >= 0.3 is 0 Å². The van der Waals surface area contributed by atoms with E-state index in [4.69, 9.17) is 16.3 Å². The number of carbonyl (C=O) groups is 2. The van der Waals surface area contributed by atoms with Gasteiger partial charge in [-0.05, 0) is 48.2 Å². The highest BCUT2D eigenvalue weighted by atomic mass is 35.5. The van der Waals surface area contributed by atoms with Gasteiger partial charge < -0.3 is 15.4 Å². The Labute approximate surface area is 186 Å². The zero-order valence-corrected chi connectivity index (χ0v) is 18.3. The van der Waals surface area contributed by atoms with Crippen LogP contribution in [-0.2, 0) is 11.3 Å². The van der Waals surface area contributed by atoms with Gasteiger partial charge in [-0.3, -0.25) is 14.5 Å². The molecule has 0 saturated carbocycles. The van der Waals surface area contributed by atoms with Gasteiger partial charge in [-0.2, -0.15) is 0 Å². The number of pyridine rings is 1. The van der Waals surface area contributed by atoms with Crippen LogP contribution in [0.3, 0.4) is 0 Å². The summed E-state index contributed by atoms with van der Waals surface area (Å²) in [5.74, 6) is 0.373. The average molecular weight is 441 g/mol. The van der Waals surface area contributed by atoms with Crippen molar-refractivity contribution in [2.75, 3.05) is 25.5 Å². The monoisotopic (exact) mass is 440 g/mol. The molecule has 3 heterocycles. The van der Waals surface area contributed by atoms with E-state index in [1.54, 1.807) is 13.1 Å². The molecule has 0 radical (unpaired) electrons. The fourth-order valence-electron chi connectivity index (χ4n) is 3.85. The summed E-state index contributed by atoms with van der Waals surface area (Å²) in [4.78, 5) is 30.3. The summed E-state index contributed by atoms with van der Waals surface area (Å²) in [5, 5.41) is 5.84. The quantitative estimate of drug-likeness (QED) is 0.695. The molecule has 1 aromatic heterocycles. The smallest absolute Gasteiger partial charge is 0.269 e. The third kappa shape index (κ3) is 4.57. The Morgan fingerprint density at radius 2 is 2.19 bits per heavy atom. The van der Waals surface area contributed by atoms with Gasteiger partial charge in [0.15, 0.2) is 6.10 Å². The highest BCUT2D eigenvalue weighted by Gasteiger charge is 2.26. The number of hydrogen-bond donors (Lipinski definition) is 2. The Bertz CT molecular complexity index is 1050. The fourth-order valence-corrected chi connectivity index (χ4v) is 4.13. The van der Waals surface area contributed by atoms with Crippen molar-refractivity contribution in [3.05, 3.63) is 58.4 Å². The lowest BCUT2D eigenvalue weighted by Gasteiger charge is -2.28. The summed E-state index contributed by atoms with van der Waals surface area (Å²) < 4.78 is 5.76. The van der Waals surface area contributed by atoms with Crippen molar-refractivity contribution in [3.63, 3.8) is 0 Å².